The van der Waals surface area contributed by atoms with Crippen LogP contribution in [0.3, 0.4) is 0 Å². The molecular weight excluding hydrogens is 152 g/mol. The minimum atomic E-state index is 0.708. The topological polar surface area (TPSA) is 35.0 Å². The van der Waals surface area contributed by atoms with Gasteiger partial charge in [-0.15, -0.1) is 0 Å². The van der Waals surface area contributed by atoms with Gasteiger partial charge in [-0.05, 0) is 12.1 Å². The second-order valence-electron chi connectivity index (χ2n) is 2.41. The fraction of sp³-hybridized carbons (Fsp3) is 0.111. The summed E-state index contributed by atoms with van der Waals surface area (Å²) in [4.78, 5) is 8.17. The molecule has 12 heavy (non-hydrogen) atoms. The van der Waals surface area contributed by atoms with Crippen molar-refractivity contribution in [3.05, 3.63) is 30.7 Å². The van der Waals surface area contributed by atoms with Crippen LogP contribution in [0.5, 0.6) is 5.75 Å². The van der Waals surface area contributed by atoms with Crippen molar-refractivity contribution in [1.29, 1.82) is 0 Å². The van der Waals surface area contributed by atoms with E-state index >= 15 is 0 Å². The first-order valence-electron chi connectivity index (χ1n) is 3.64. The van der Waals surface area contributed by atoms with Gasteiger partial charge in [0, 0.05) is 18.0 Å². The molecule has 0 aromatic carbocycles. The average molecular weight is 160 g/mol. The van der Waals surface area contributed by atoms with Gasteiger partial charge in [0.15, 0.2) is 5.75 Å². The lowest BCUT2D eigenvalue weighted by atomic mass is 10.2. The lowest BCUT2D eigenvalue weighted by Crippen LogP contribution is -1.84. The number of fused-ring (bicyclic) bond motifs is 1. The highest BCUT2D eigenvalue weighted by Crippen LogP contribution is 2.27. The Kier molecular flexibility index (Phi) is 1.63. The lowest BCUT2D eigenvalue weighted by molar-refractivity contribution is 0.414. The second kappa shape index (κ2) is 2.77. The van der Waals surface area contributed by atoms with Crippen molar-refractivity contribution in [2.24, 2.45) is 0 Å². The highest BCUT2D eigenvalue weighted by molar-refractivity contribution is 5.66. The molecular formula is C9H8N2O. The van der Waals surface area contributed by atoms with Crippen LogP contribution in [0.1, 0.15) is 0 Å². The summed E-state index contributed by atoms with van der Waals surface area (Å²) in [5, 5.41) is 0. The van der Waals surface area contributed by atoms with Gasteiger partial charge >= 0.3 is 0 Å². The quantitative estimate of drug-likeness (QED) is 0.635. The Bertz CT molecular complexity index is 362. The van der Waals surface area contributed by atoms with Crippen LogP contribution in [-0.2, 0) is 0 Å². The summed E-state index contributed by atoms with van der Waals surface area (Å²) in [5.74, 6) is 0.708. The number of rotatable bonds is 1. The first-order valence-corrected chi connectivity index (χ1v) is 3.64. The van der Waals surface area contributed by atoms with Crippen LogP contribution in [0.2, 0.25) is 0 Å². The van der Waals surface area contributed by atoms with Gasteiger partial charge in [-0.1, -0.05) is 0 Å². The standard InChI is InChI=1S/C9H8N2O/c1-12-8-6-10-4-2-7-3-5-11-9(7)8/h2-6H,1H3. The summed E-state index contributed by atoms with van der Waals surface area (Å²) in [5.41, 5.74) is 1.90. The van der Waals surface area contributed by atoms with E-state index in [0.29, 0.717) is 5.75 Å². The van der Waals surface area contributed by atoms with Gasteiger partial charge in [0.2, 0.25) is 0 Å². The Morgan fingerprint density at radius 1 is 1.25 bits per heavy atom. The zero-order valence-electron chi connectivity index (χ0n) is 6.69. The predicted molar refractivity (Wildman–Crippen MR) is 45.2 cm³/mol. The molecule has 2 rings (SSSR count). The molecule has 0 amide bonds. The monoisotopic (exact) mass is 160 g/mol. The fourth-order valence-corrected chi connectivity index (χ4v) is 1.13. The maximum absolute atomic E-state index is 5.12. The van der Waals surface area contributed by atoms with Gasteiger partial charge in [0.05, 0.1) is 13.3 Å². The molecule has 0 aromatic heterocycles. The van der Waals surface area contributed by atoms with Crippen molar-refractivity contribution < 1.29 is 4.74 Å². The molecule has 2 aliphatic heterocycles. The molecule has 0 radical (unpaired) electrons. The van der Waals surface area contributed by atoms with Crippen LogP contribution >= 0.6 is 0 Å². The van der Waals surface area contributed by atoms with Crippen LogP contribution in [-0.4, -0.2) is 17.1 Å². The van der Waals surface area contributed by atoms with Crippen molar-refractivity contribution in [2.45, 2.75) is 0 Å². The van der Waals surface area contributed by atoms with Gasteiger partial charge < -0.3 is 4.74 Å². The summed E-state index contributed by atoms with van der Waals surface area (Å²) in [6.45, 7) is 0. The zero-order valence-corrected chi connectivity index (χ0v) is 6.69. The van der Waals surface area contributed by atoms with Crippen LogP contribution in [0.15, 0.2) is 30.7 Å². The minimum Gasteiger partial charge on any atom is -0.493 e. The number of hydrogen-bond acceptors (Lipinski definition) is 3. The third kappa shape index (κ3) is 0.993. The molecule has 0 saturated heterocycles. The van der Waals surface area contributed by atoms with E-state index in [9.17, 15) is 0 Å². The SMILES string of the molecule is COc1cnccc2ccnc1-2. The van der Waals surface area contributed by atoms with E-state index < -0.39 is 0 Å². The molecule has 0 unspecified atom stereocenters. The second-order valence-corrected chi connectivity index (χ2v) is 2.41. The number of hydrogen-bond donors (Lipinski definition) is 0. The molecule has 3 nitrogen and oxygen atoms in total. The molecule has 0 bridgehead atoms. The summed E-state index contributed by atoms with van der Waals surface area (Å²) in [7, 11) is 1.62. The van der Waals surface area contributed by atoms with Crippen molar-refractivity contribution in [1.82, 2.24) is 9.97 Å². The molecule has 0 aliphatic carbocycles. The van der Waals surface area contributed by atoms with Gasteiger partial charge in [0.25, 0.3) is 0 Å². The van der Waals surface area contributed by atoms with Gasteiger partial charge in [-0.3, -0.25) is 9.97 Å². The van der Waals surface area contributed by atoms with E-state index in [4.69, 9.17) is 4.74 Å². The van der Waals surface area contributed by atoms with Gasteiger partial charge in [0.1, 0.15) is 5.69 Å². The zero-order chi connectivity index (χ0) is 8.39. The molecule has 0 atom stereocenters. The van der Waals surface area contributed by atoms with Crippen LogP contribution in [0, 0.1) is 0 Å². The summed E-state index contributed by atoms with van der Waals surface area (Å²) in [6.07, 6.45) is 5.15. The first kappa shape index (κ1) is 7.03. The molecule has 0 spiro atoms. The van der Waals surface area contributed by atoms with E-state index in [2.05, 4.69) is 9.97 Å². The molecule has 0 aromatic rings. The Morgan fingerprint density at radius 3 is 2.92 bits per heavy atom. The Labute approximate surface area is 70.4 Å². The highest BCUT2D eigenvalue weighted by atomic mass is 16.5. The van der Waals surface area contributed by atoms with Crippen LogP contribution in [0.25, 0.3) is 11.3 Å². The molecule has 2 aliphatic rings. The van der Waals surface area contributed by atoms with E-state index in [1.807, 2.05) is 12.1 Å². The van der Waals surface area contributed by atoms with Crippen molar-refractivity contribution >= 4 is 0 Å². The van der Waals surface area contributed by atoms with Crippen molar-refractivity contribution in [2.75, 3.05) is 7.11 Å². The third-order valence-electron chi connectivity index (χ3n) is 1.72. The molecule has 0 N–H and O–H groups in total. The number of aromatic nitrogens is 2. The first-order chi connectivity index (χ1) is 5.92. The highest BCUT2D eigenvalue weighted by Gasteiger charge is 2.07. The molecule has 2 heterocycles. The largest absolute Gasteiger partial charge is 0.493 e. The average Bonchev–Trinajstić information content (AvgIpc) is 2.46. The smallest absolute Gasteiger partial charge is 0.163 e. The summed E-state index contributed by atoms with van der Waals surface area (Å²) in [6, 6.07) is 3.84. The third-order valence-corrected chi connectivity index (χ3v) is 1.72. The molecule has 3 heteroatoms. The molecule has 0 saturated carbocycles. The maximum Gasteiger partial charge on any atom is 0.163 e. The van der Waals surface area contributed by atoms with E-state index in [0.717, 1.165) is 11.3 Å². The van der Waals surface area contributed by atoms with E-state index in [-0.39, 0.29) is 0 Å². The van der Waals surface area contributed by atoms with Crippen LogP contribution < -0.4 is 4.74 Å². The van der Waals surface area contributed by atoms with E-state index in [1.165, 1.54) is 0 Å². The van der Waals surface area contributed by atoms with Crippen LogP contribution in [0.4, 0.5) is 0 Å². The van der Waals surface area contributed by atoms with Gasteiger partial charge in [-0.25, -0.2) is 0 Å². The fourth-order valence-electron chi connectivity index (χ4n) is 1.13. The van der Waals surface area contributed by atoms with E-state index in [1.54, 1.807) is 25.7 Å². The number of ether oxygens (including phenoxy) is 1. The number of methoxy groups -OCH3 is 1. The maximum atomic E-state index is 5.12. The Hall–Kier alpha value is -1.64. The summed E-state index contributed by atoms with van der Waals surface area (Å²) < 4.78 is 5.12. The molecule has 0 fully saturated rings. The van der Waals surface area contributed by atoms with Crippen molar-refractivity contribution in [3.63, 3.8) is 0 Å². The number of nitrogens with zero attached hydrogens (tertiary/aromatic N) is 2. The Morgan fingerprint density at radius 2 is 2.08 bits per heavy atom. The lowest BCUT2D eigenvalue weighted by Gasteiger charge is -1.97. The Balaban J connectivity index is 2.69. The predicted octanol–water partition coefficient (Wildman–Crippen LogP) is 1.59. The minimum absolute atomic E-state index is 0.708. The van der Waals surface area contributed by atoms with Crippen molar-refractivity contribution in [3.8, 4) is 17.0 Å². The summed E-state index contributed by atoms with van der Waals surface area (Å²) >= 11 is 0. The molecule has 60 valence electrons. The normalized spacial score (nSPS) is 10.1. The van der Waals surface area contributed by atoms with Gasteiger partial charge in [-0.2, -0.15) is 0 Å².